The van der Waals surface area contributed by atoms with Crippen molar-refractivity contribution in [3.05, 3.63) is 29.8 Å². The molecule has 1 nitrogen and oxygen atoms in total. The average Bonchev–Trinajstić information content (AvgIpc) is 2.08. The highest BCUT2D eigenvalue weighted by Crippen LogP contribution is 2.28. The zero-order valence-corrected chi connectivity index (χ0v) is 8.55. The second kappa shape index (κ2) is 3.95. The van der Waals surface area contributed by atoms with Crippen LogP contribution in [0.4, 0.5) is 8.78 Å². The molecule has 0 aliphatic carbocycles. The van der Waals surface area contributed by atoms with Gasteiger partial charge in [-0.15, -0.1) is 0 Å². The van der Waals surface area contributed by atoms with Crippen molar-refractivity contribution in [3.63, 3.8) is 0 Å². The van der Waals surface area contributed by atoms with Crippen LogP contribution >= 0.6 is 0 Å². The zero-order valence-electron chi connectivity index (χ0n) is 8.55. The lowest BCUT2D eigenvalue weighted by Crippen LogP contribution is -2.31. The molecule has 0 atom stereocenters. The molecule has 0 fully saturated rings. The molecule has 14 heavy (non-hydrogen) atoms. The third-order valence-electron chi connectivity index (χ3n) is 1.95. The summed E-state index contributed by atoms with van der Waals surface area (Å²) in [5, 5.41) is 0. The van der Waals surface area contributed by atoms with Gasteiger partial charge in [0.2, 0.25) is 0 Å². The maximum Gasteiger partial charge on any atom is 0.400 e. The van der Waals surface area contributed by atoms with E-state index in [4.69, 9.17) is 0 Å². The van der Waals surface area contributed by atoms with Gasteiger partial charge in [0.05, 0.1) is 5.92 Å². The van der Waals surface area contributed by atoms with Crippen molar-refractivity contribution in [3.8, 4) is 5.75 Å². The number of aryl methyl sites for hydroxylation is 1. The van der Waals surface area contributed by atoms with Crippen LogP contribution in [0.5, 0.6) is 5.75 Å². The molecule has 0 N–H and O–H groups in total. The fraction of sp³-hybridized carbons (Fsp3) is 0.455. The minimum absolute atomic E-state index is 0.203. The Hall–Kier alpha value is -1.12. The Kier molecular flexibility index (Phi) is 3.09. The summed E-state index contributed by atoms with van der Waals surface area (Å²) in [4.78, 5) is 0. The van der Waals surface area contributed by atoms with Gasteiger partial charge < -0.3 is 4.74 Å². The van der Waals surface area contributed by atoms with Gasteiger partial charge in [0.25, 0.3) is 0 Å². The van der Waals surface area contributed by atoms with Crippen molar-refractivity contribution in [1.82, 2.24) is 0 Å². The standard InChI is InChI=1S/C11H14F2O/c1-8(2)11(12,13)14-10-6-4-9(3)5-7-10/h4-8H,1-3H3. The van der Waals surface area contributed by atoms with Crippen LogP contribution in [0.3, 0.4) is 0 Å². The fourth-order valence-corrected chi connectivity index (χ4v) is 0.881. The van der Waals surface area contributed by atoms with Crippen molar-refractivity contribution >= 4 is 0 Å². The predicted molar refractivity (Wildman–Crippen MR) is 51.6 cm³/mol. The first-order chi connectivity index (χ1) is 6.42. The van der Waals surface area contributed by atoms with Crippen LogP contribution in [0.2, 0.25) is 0 Å². The van der Waals surface area contributed by atoms with E-state index in [9.17, 15) is 8.78 Å². The highest BCUT2D eigenvalue weighted by molar-refractivity contribution is 5.26. The molecule has 0 bridgehead atoms. The van der Waals surface area contributed by atoms with E-state index in [0.717, 1.165) is 5.56 Å². The monoisotopic (exact) mass is 200 g/mol. The van der Waals surface area contributed by atoms with Gasteiger partial charge in [0, 0.05) is 0 Å². The Labute approximate surface area is 82.7 Å². The summed E-state index contributed by atoms with van der Waals surface area (Å²) in [5.41, 5.74) is 1.02. The van der Waals surface area contributed by atoms with E-state index in [1.165, 1.54) is 13.8 Å². The Balaban J connectivity index is 2.74. The molecule has 0 spiro atoms. The van der Waals surface area contributed by atoms with Crippen LogP contribution in [-0.2, 0) is 0 Å². The first kappa shape index (κ1) is 11.0. The van der Waals surface area contributed by atoms with Crippen LogP contribution in [0.25, 0.3) is 0 Å². The van der Waals surface area contributed by atoms with Gasteiger partial charge in [-0.3, -0.25) is 0 Å². The number of halogens is 2. The van der Waals surface area contributed by atoms with Gasteiger partial charge in [-0.1, -0.05) is 31.5 Å². The molecular weight excluding hydrogens is 186 g/mol. The van der Waals surface area contributed by atoms with Crippen molar-refractivity contribution in [1.29, 1.82) is 0 Å². The molecule has 0 radical (unpaired) electrons. The molecular formula is C11H14F2O. The smallest absolute Gasteiger partial charge is 0.400 e. The summed E-state index contributed by atoms with van der Waals surface area (Å²) in [6.07, 6.45) is -3.10. The number of hydrogen-bond donors (Lipinski definition) is 0. The van der Waals surface area contributed by atoms with Crippen LogP contribution in [0.15, 0.2) is 24.3 Å². The lowest BCUT2D eigenvalue weighted by atomic mass is 10.2. The van der Waals surface area contributed by atoms with E-state index in [2.05, 4.69) is 4.74 Å². The maximum absolute atomic E-state index is 13.1. The minimum Gasteiger partial charge on any atom is -0.432 e. The topological polar surface area (TPSA) is 9.23 Å². The van der Waals surface area contributed by atoms with E-state index in [-0.39, 0.29) is 5.75 Å². The normalized spacial score (nSPS) is 11.9. The minimum atomic E-state index is -3.10. The first-order valence-corrected chi connectivity index (χ1v) is 4.55. The molecule has 1 rings (SSSR count). The van der Waals surface area contributed by atoms with Crippen LogP contribution < -0.4 is 4.74 Å². The van der Waals surface area contributed by atoms with Crippen molar-refractivity contribution < 1.29 is 13.5 Å². The third-order valence-corrected chi connectivity index (χ3v) is 1.95. The summed E-state index contributed by atoms with van der Waals surface area (Å²) < 4.78 is 30.8. The molecule has 78 valence electrons. The van der Waals surface area contributed by atoms with Crippen LogP contribution in [-0.4, -0.2) is 6.11 Å². The molecule has 0 aliphatic rings. The SMILES string of the molecule is Cc1ccc(OC(F)(F)C(C)C)cc1. The summed E-state index contributed by atoms with van der Waals surface area (Å²) >= 11 is 0. The molecule has 3 heteroatoms. The van der Waals surface area contributed by atoms with E-state index < -0.39 is 12.0 Å². The second-order valence-corrected chi connectivity index (χ2v) is 3.63. The summed E-state index contributed by atoms with van der Waals surface area (Å²) in [5.74, 6) is -0.627. The van der Waals surface area contributed by atoms with E-state index in [1.54, 1.807) is 24.3 Å². The molecule has 1 aromatic carbocycles. The molecule has 0 aliphatic heterocycles. The highest BCUT2D eigenvalue weighted by Gasteiger charge is 2.35. The van der Waals surface area contributed by atoms with Gasteiger partial charge in [0.1, 0.15) is 5.75 Å². The predicted octanol–water partition coefficient (Wildman–Crippen LogP) is 3.62. The Morgan fingerprint density at radius 1 is 1.14 bits per heavy atom. The molecule has 0 aromatic heterocycles. The fourth-order valence-electron chi connectivity index (χ4n) is 0.881. The molecule has 0 saturated carbocycles. The molecule has 0 amide bonds. The van der Waals surface area contributed by atoms with E-state index in [1.807, 2.05) is 6.92 Å². The Morgan fingerprint density at radius 2 is 1.64 bits per heavy atom. The third kappa shape index (κ3) is 2.69. The lowest BCUT2D eigenvalue weighted by Gasteiger charge is -2.21. The number of alkyl halides is 2. The van der Waals surface area contributed by atoms with Gasteiger partial charge >= 0.3 is 6.11 Å². The average molecular weight is 200 g/mol. The van der Waals surface area contributed by atoms with Gasteiger partial charge in [-0.05, 0) is 19.1 Å². The molecule has 0 saturated heterocycles. The van der Waals surface area contributed by atoms with Crippen molar-refractivity contribution in [2.45, 2.75) is 26.9 Å². The lowest BCUT2D eigenvalue weighted by molar-refractivity contribution is -0.207. The van der Waals surface area contributed by atoms with Crippen molar-refractivity contribution in [2.75, 3.05) is 0 Å². The van der Waals surface area contributed by atoms with Gasteiger partial charge in [0.15, 0.2) is 0 Å². The van der Waals surface area contributed by atoms with E-state index >= 15 is 0 Å². The summed E-state index contributed by atoms with van der Waals surface area (Å²) in [7, 11) is 0. The van der Waals surface area contributed by atoms with Gasteiger partial charge in [-0.25, -0.2) is 0 Å². The molecule has 1 aromatic rings. The van der Waals surface area contributed by atoms with Crippen LogP contribution in [0.1, 0.15) is 19.4 Å². The number of benzene rings is 1. The summed E-state index contributed by atoms with van der Waals surface area (Å²) in [6.45, 7) is 4.74. The largest absolute Gasteiger partial charge is 0.432 e. The quantitative estimate of drug-likeness (QED) is 0.724. The van der Waals surface area contributed by atoms with Gasteiger partial charge in [-0.2, -0.15) is 8.78 Å². The Morgan fingerprint density at radius 3 is 2.07 bits per heavy atom. The highest BCUT2D eigenvalue weighted by atomic mass is 19.3. The number of rotatable bonds is 3. The second-order valence-electron chi connectivity index (χ2n) is 3.63. The van der Waals surface area contributed by atoms with Crippen LogP contribution in [0, 0.1) is 12.8 Å². The number of hydrogen-bond acceptors (Lipinski definition) is 1. The molecule has 0 heterocycles. The first-order valence-electron chi connectivity index (χ1n) is 4.55. The Bertz CT molecular complexity index is 291. The zero-order chi connectivity index (χ0) is 10.8. The van der Waals surface area contributed by atoms with E-state index in [0.29, 0.717) is 0 Å². The summed E-state index contributed by atoms with van der Waals surface area (Å²) in [6, 6.07) is 6.58. The van der Waals surface area contributed by atoms with Crippen molar-refractivity contribution in [2.24, 2.45) is 5.92 Å². The maximum atomic E-state index is 13.1. The number of ether oxygens (including phenoxy) is 1. The molecule has 0 unspecified atom stereocenters.